The highest BCUT2D eigenvalue weighted by molar-refractivity contribution is 6.01. The number of hydrogen-bond acceptors (Lipinski definition) is 9. The van der Waals surface area contributed by atoms with E-state index in [0.29, 0.717) is 37.7 Å². The Hall–Kier alpha value is -4.36. The van der Waals surface area contributed by atoms with Gasteiger partial charge in [0.1, 0.15) is 17.7 Å². The molecular formula is C28H31F2N9O2. The number of likely N-dealkylation sites (N-methyl/N-ethyl adjacent to an activating group) is 1. The Kier molecular flexibility index (Phi) is 7.37. The summed E-state index contributed by atoms with van der Waals surface area (Å²) in [5.74, 6) is -1.78. The van der Waals surface area contributed by atoms with Crippen molar-refractivity contribution in [3.8, 4) is 11.6 Å². The Morgan fingerprint density at radius 3 is 2.54 bits per heavy atom. The fourth-order valence-electron chi connectivity index (χ4n) is 5.11. The predicted molar refractivity (Wildman–Crippen MR) is 151 cm³/mol. The largest absolute Gasteiger partial charge is 0.435 e. The van der Waals surface area contributed by atoms with E-state index in [1.807, 2.05) is 13.1 Å². The first kappa shape index (κ1) is 26.8. The third-order valence-electron chi connectivity index (χ3n) is 7.40. The zero-order valence-corrected chi connectivity index (χ0v) is 22.9. The third kappa shape index (κ3) is 5.50. The van der Waals surface area contributed by atoms with E-state index >= 15 is 4.39 Å². The summed E-state index contributed by atoms with van der Waals surface area (Å²) in [6.45, 7) is 7.64. The van der Waals surface area contributed by atoms with E-state index in [-0.39, 0.29) is 39.8 Å². The Labute approximate surface area is 235 Å². The molecular weight excluding hydrogens is 532 g/mol. The van der Waals surface area contributed by atoms with Crippen LogP contribution in [0.25, 0.3) is 10.9 Å². The van der Waals surface area contributed by atoms with Crippen LogP contribution in [0, 0.1) is 18.6 Å². The lowest BCUT2D eigenvalue weighted by Gasteiger charge is -2.32. The van der Waals surface area contributed by atoms with E-state index in [9.17, 15) is 9.18 Å². The molecule has 1 aromatic carbocycles. The zero-order valence-electron chi connectivity index (χ0n) is 22.9. The summed E-state index contributed by atoms with van der Waals surface area (Å²) in [6, 6.07) is 6.21. The lowest BCUT2D eigenvalue weighted by atomic mass is 10.2. The molecule has 0 radical (unpaired) electrons. The van der Waals surface area contributed by atoms with Crippen LogP contribution in [-0.4, -0.2) is 95.0 Å². The second-order valence-corrected chi connectivity index (χ2v) is 10.3. The molecule has 4 aromatic rings. The number of hydrogen-bond donors (Lipinski definition) is 3. The molecule has 2 saturated heterocycles. The standard InChI is InChI=1S/C28H31F2N9O2/c1-17-13-19-24(30)21(14-20(29)25(19)35-17)41-27-23(28(40)39-11-9-37(2)10-12-39)26(33-16-34-27)36-22-4-3-18(15-32-22)38-7-5-31-6-8-38/h3-4,13-16,31,35H,5-12H2,1-2H3,(H,32,33,34,36). The van der Waals surface area contributed by atoms with E-state index in [0.717, 1.165) is 37.9 Å². The van der Waals surface area contributed by atoms with Crippen molar-refractivity contribution in [1.29, 1.82) is 0 Å². The lowest BCUT2D eigenvalue weighted by Crippen LogP contribution is -2.47. The maximum Gasteiger partial charge on any atom is 0.263 e. The second kappa shape index (κ2) is 11.3. The molecule has 41 heavy (non-hydrogen) atoms. The van der Waals surface area contributed by atoms with Gasteiger partial charge in [0.2, 0.25) is 5.88 Å². The molecule has 214 valence electrons. The van der Waals surface area contributed by atoms with Gasteiger partial charge in [0.25, 0.3) is 5.91 Å². The van der Waals surface area contributed by atoms with E-state index < -0.39 is 11.6 Å². The van der Waals surface area contributed by atoms with Crippen LogP contribution < -0.4 is 20.3 Å². The summed E-state index contributed by atoms with van der Waals surface area (Å²) in [5, 5.41) is 6.49. The SMILES string of the molecule is Cc1cc2c(F)c(Oc3ncnc(Nc4ccc(N5CCNCC5)cn4)c3C(=O)N3CCN(C)CC3)cc(F)c2[nH]1. The van der Waals surface area contributed by atoms with Crippen molar-refractivity contribution >= 4 is 34.1 Å². The zero-order chi connectivity index (χ0) is 28.5. The Morgan fingerprint density at radius 2 is 1.80 bits per heavy atom. The molecule has 0 atom stereocenters. The molecule has 2 fully saturated rings. The van der Waals surface area contributed by atoms with Crippen molar-refractivity contribution in [3.05, 3.63) is 59.7 Å². The first-order valence-corrected chi connectivity index (χ1v) is 13.5. The van der Waals surface area contributed by atoms with Crippen molar-refractivity contribution in [2.75, 3.05) is 69.6 Å². The maximum atomic E-state index is 15.4. The van der Waals surface area contributed by atoms with Crippen molar-refractivity contribution < 1.29 is 18.3 Å². The molecule has 3 aromatic heterocycles. The minimum absolute atomic E-state index is 0.00943. The van der Waals surface area contributed by atoms with Gasteiger partial charge in [0, 0.05) is 69.5 Å². The number of ether oxygens (including phenoxy) is 1. The van der Waals surface area contributed by atoms with Gasteiger partial charge in [-0.15, -0.1) is 0 Å². The number of carbonyl (C=O) groups is 1. The van der Waals surface area contributed by atoms with Crippen molar-refractivity contribution in [2.24, 2.45) is 0 Å². The fraction of sp³-hybridized carbons (Fsp3) is 0.357. The Bertz CT molecular complexity index is 1560. The highest BCUT2D eigenvalue weighted by Gasteiger charge is 2.29. The van der Waals surface area contributed by atoms with Crippen molar-refractivity contribution in [3.63, 3.8) is 0 Å². The van der Waals surface area contributed by atoms with E-state index in [4.69, 9.17) is 4.74 Å². The van der Waals surface area contributed by atoms with Crippen LogP contribution in [0.15, 0.2) is 36.8 Å². The van der Waals surface area contributed by atoms with E-state index in [1.165, 1.54) is 12.4 Å². The lowest BCUT2D eigenvalue weighted by molar-refractivity contribution is 0.0661. The van der Waals surface area contributed by atoms with Gasteiger partial charge in [-0.3, -0.25) is 4.79 Å². The van der Waals surface area contributed by atoms with Crippen LogP contribution >= 0.6 is 0 Å². The monoisotopic (exact) mass is 563 g/mol. The molecule has 5 heterocycles. The predicted octanol–water partition coefficient (Wildman–Crippen LogP) is 3.27. The number of aromatic nitrogens is 4. The van der Waals surface area contributed by atoms with Crippen LogP contribution in [0.2, 0.25) is 0 Å². The van der Waals surface area contributed by atoms with Crippen molar-refractivity contribution in [2.45, 2.75) is 6.92 Å². The van der Waals surface area contributed by atoms with Gasteiger partial charge < -0.3 is 35.1 Å². The highest BCUT2D eigenvalue weighted by atomic mass is 19.1. The normalized spacial score (nSPS) is 16.3. The molecule has 11 nitrogen and oxygen atoms in total. The molecule has 2 aliphatic rings. The number of anilines is 3. The minimum atomic E-state index is -0.762. The van der Waals surface area contributed by atoms with E-state index in [2.05, 4.69) is 40.4 Å². The average Bonchev–Trinajstić information content (AvgIpc) is 3.39. The summed E-state index contributed by atoms with van der Waals surface area (Å²) >= 11 is 0. The molecule has 0 unspecified atom stereocenters. The molecule has 0 spiro atoms. The summed E-state index contributed by atoms with van der Waals surface area (Å²) in [6.07, 6.45) is 2.97. The number of rotatable bonds is 6. The molecule has 13 heteroatoms. The quantitative estimate of drug-likeness (QED) is 0.325. The van der Waals surface area contributed by atoms with Crippen LogP contribution in [0.5, 0.6) is 11.6 Å². The van der Waals surface area contributed by atoms with Crippen molar-refractivity contribution in [1.82, 2.24) is 35.1 Å². The van der Waals surface area contributed by atoms with Gasteiger partial charge in [-0.05, 0) is 32.2 Å². The van der Waals surface area contributed by atoms with Crippen LogP contribution in [0.3, 0.4) is 0 Å². The summed E-state index contributed by atoms with van der Waals surface area (Å²) in [5.41, 5.74) is 1.65. The number of piperazine rings is 2. The van der Waals surface area contributed by atoms with Gasteiger partial charge in [-0.25, -0.2) is 23.7 Å². The number of nitrogens with one attached hydrogen (secondary N) is 3. The molecule has 6 rings (SSSR count). The number of H-pyrrole nitrogens is 1. The number of fused-ring (bicyclic) bond motifs is 1. The first-order valence-electron chi connectivity index (χ1n) is 13.5. The summed E-state index contributed by atoms with van der Waals surface area (Å²) in [4.78, 5) is 35.7. The maximum absolute atomic E-state index is 15.4. The van der Waals surface area contributed by atoms with Gasteiger partial charge >= 0.3 is 0 Å². The second-order valence-electron chi connectivity index (χ2n) is 10.3. The van der Waals surface area contributed by atoms with Gasteiger partial charge in [-0.2, -0.15) is 0 Å². The summed E-state index contributed by atoms with van der Waals surface area (Å²) in [7, 11) is 1.99. The third-order valence-corrected chi connectivity index (χ3v) is 7.40. The number of benzene rings is 1. The highest BCUT2D eigenvalue weighted by Crippen LogP contribution is 2.35. The van der Waals surface area contributed by atoms with Gasteiger partial charge in [0.05, 0.1) is 17.4 Å². The number of aryl methyl sites for hydroxylation is 1. The van der Waals surface area contributed by atoms with Gasteiger partial charge in [-0.1, -0.05) is 0 Å². The van der Waals surface area contributed by atoms with E-state index in [1.54, 1.807) is 24.1 Å². The number of aromatic amines is 1. The number of pyridine rings is 1. The molecule has 1 amide bonds. The Morgan fingerprint density at radius 1 is 1.02 bits per heavy atom. The molecule has 0 bridgehead atoms. The Balaban J connectivity index is 1.35. The number of amides is 1. The number of nitrogens with zero attached hydrogens (tertiary/aromatic N) is 6. The first-order chi connectivity index (χ1) is 19.9. The summed E-state index contributed by atoms with van der Waals surface area (Å²) < 4.78 is 36.1. The van der Waals surface area contributed by atoms with Crippen LogP contribution in [-0.2, 0) is 0 Å². The van der Waals surface area contributed by atoms with Gasteiger partial charge in [0.15, 0.2) is 23.2 Å². The molecule has 2 aliphatic heterocycles. The fourth-order valence-corrected chi connectivity index (χ4v) is 5.11. The minimum Gasteiger partial charge on any atom is -0.435 e. The number of halogens is 2. The molecule has 0 aliphatic carbocycles. The topological polar surface area (TPSA) is 115 Å². The average molecular weight is 564 g/mol. The molecule has 3 N–H and O–H groups in total. The van der Waals surface area contributed by atoms with Crippen LogP contribution in [0.1, 0.15) is 16.1 Å². The van der Waals surface area contributed by atoms with Crippen LogP contribution in [0.4, 0.5) is 26.1 Å². The molecule has 0 saturated carbocycles. The smallest absolute Gasteiger partial charge is 0.263 e. The number of carbonyl (C=O) groups excluding carboxylic acids is 1.